The number of aromatic nitrogens is 4. The van der Waals surface area contributed by atoms with E-state index in [1.54, 1.807) is 0 Å². The Morgan fingerprint density at radius 1 is 1.55 bits per heavy atom. The number of hydrogen-bond acceptors (Lipinski definition) is 6. The Bertz CT molecular complexity index is 279. The molecule has 1 aromatic rings. The molecule has 0 spiro atoms. The van der Waals surface area contributed by atoms with Crippen molar-refractivity contribution in [1.29, 1.82) is 0 Å². The number of rotatable bonds is 1. The zero-order chi connectivity index (χ0) is 8.27. The summed E-state index contributed by atoms with van der Waals surface area (Å²) >= 11 is 5.31. The molecule has 0 amide bonds. The first-order valence-corrected chi connectivity index (χ1v) is 2.93. The van der Waals surface area contributed by atoms with Crippen LogP contribution < -0.4 is 0 Å². The zero-order valence-corrected chi connectivity index (χ0v) is 6.24. The SMILES string of the molecule is COC(=O)c1nnnc(Cl)n1. The topological polar surface area (TPSA) is 77.9 Å². The summed E-state index contributed by atoms with van der Waals surface area (Å²) in [7, 11) is 1.21. The van der Waals surface area contributed by atoms with E-state index in [4.69, 9.17) is 11.6 Å². The highest BCUT2D eigenvalue weighted by Gasteiger charge is 2.09. The summed E-state index contributed by atoms with van der Waals surface area (Å²) in [5, 5.41) is 9.54. The maximum atomic E-state index is 10.7. The molecule has 11 heavy (non-hydrogen) atoms. The Morgan fingerprint density at radius 2 is 2.27 bits per heavy atom. The summed E-state index contributed by atoms with van der Waals surface area (Å²) in [6.45, 7) is 0. The Hall–Kier alpha value is -1.30. The van der Waals surface area contributed by atoms with Crippen LogP contribution >= 0.6 is 11.6 Å². The average molecular weight is 175 g/mol. The molecule has 6 nitrogen and oxygen atoms in total. The second-order valence-corrected chi connectivity index (χ2v) is 1.82. The van der Waals surface area contributed by atoms with Crippen LogP contribution in [0.4, 0.5) is 0 Å². The lowest BCUT2D eigenvalue weighted by molar-refractivity contribution is 0.0584. The van der Waals surface area contributed by atoms with Gasteiger partial charge in [-0.15, -0.1) is 5.10 Å². The Labute approximate surface area is 66.6 Å². The van der Waals surface area contributed by atoms with E-state index in [0.29, 0.717) is 0 Å². The molecule has 0 aliphatic heterocycles. The highest BCUT2D eigenvalue weighted by atomic mass is 35.5. The minimum atomic E-state index is -0.693. The van der Waals surface area contributed by atoms with Gasteiger partial charge in [0, 0.05) is 0 Å². The lowest BCUT2D eigenvalue weighted by Gasteiger charge is -1.93. The summed E-state index contributed by atoms with van der Waals surface area (Å²) in [5.74, 6) is -0.894. The molecule has 0 aliphatic rings. The Kier molecular flexibility index (Phi) is 2.27. The molecule has 0 aromatic carbocycles. The smallest absolute Gasteiger partial charge is 0.378 e. The first-order valence-electron chi connectivity index (χ1n) is 2.55. The number of ether oxygens (including phenoxy) is 1. The van der Waals surface area contributed by atoms with E-state index < -0.39 is 5.97 Å². The molecule has 0 radical (unpaired) electrons. The van der Waals surface area contributed by atoms with E-state index in [1.165, 1.54) is 7.11 Å². The Morgan fingerprint density at radius 3 is 2.82 bits per heavy atom. The van der Waals surface area contributed by atoms with Crippen molar-refractivity contribution in [2.45, 2.75) is 0 Å². The molecule has 1 aromatic heterocycles. The summed E-state index contributed by atoms with van der Waals surface area (Å²) in [5.41, 5.74) is 0. The predicted octanol–water partition coefficient (Wildman–Crippen LogP) is -0.293. The predicted molar refractivity (Wildman–Crippen MR) is 34.0 cm³/mol. The molecule has 0 saturated heterocycles. The van der Waals surface area contributed by atoms with E-state index in [0.717, 1.165) is 0 Å². The highest BCUT2D eigenvalue weighted by molar-refractivity contribution is 6.28. The lowest BCUT2D eigenvalue weighted by Crippen LogP contribution is -2.09. The van der Waals surface area contributed by atoms with Gasteiger partial charge in [-0.05, 0) is 16.8 Å². The second-order valence-electron chi connectivity index (χ2n) is 1.49. The molecule has 0 bridgehead atoms. The van der Waals surface area contributed by atoms with E-state index in [1.807, 2.05) is 0 Å². The third-order valence-electron chi connectivity index (χ3n) is 0.833. The number of carbonyl (C=O) groups excluding carboxylic acids is 1. The number of carbonyl (C=O) groups is 1. The van der Waals surface area contributed by atoms with Crippen LogP contribution in [0.5, 0.6) is 0 Å². The Balaban J connectivity index is 2.96. The molecule has 1 heterocycles. The standard InChI is InChI=1S/C4H3ClN4O2/c1-11-3(10)2-6-4(5)8-9-7-2/h1H3. The maximum absolute atomic E-state index is 10.7. The van der Waals surface area contributed by atoms with Crippen molar-refractivity contribution in [1.82, 2.24) is 20.4 Å². The molecule has 1 rings (SSSR count). The second kappa shape index (κ2) is 3.20. The third-order valence-corrected chi connectivity index (χ3v) is 0.993. The fourth-order valence-corrected chi connectivity index (χ4v) is 0.525. The normalized spacial score (nSPS) is 9.27. The number of methoxy groups -OCH3 is 1. The minimum Gasteiger partial charge on any atom is -0.463 e. The van der Waals surface area contributed by atoms with Gasteiger partial charge in [-0.25, -0.2) is 4.79 Å². The van der Waals surface area contributed by atoms with Gasteiger partial charge in [-0.2, -0.15) is 4.98 Å². The van der Waals surface area contributed by atoms with Gasteiger partial charge >= 0.3 is 5.97 Å². The van der Waals surface area contributed by atoms with Gasteiger partial charge in [0.1, 0.15) is 0 Å². The van der Waals surface area contributed by atoms with Crippen molar-refractivity contribution in [2.75, 3.05) is 7.11 Å². The molecular formula is C4H3ClN4O2. The fraction of sp³-hybridized carbons (Fsp3) is 0.250. The highest BCUT2D eigenvalue weighted by Crippen LogP contribution is 1.96. The van der Waals surface area contributed by atoms with Gasteiger partial charge in [0.25, 0.3) is 5.82 Å². The number of halogens is 1. The molecule has 0 fully saturated rings. The first-order chi connectivity index (χ1) is 5.24. The van der Waals surface area contributed by atoms with Crippen LogP contribution in [0, 0.1) is 0 Å². The lowest BCUT2D eigenvalue weighted by atomic mass is 10.6. The van der Waals surface area contributed by atoms with Crippen molar-refractivity contribution in [3.63, 3.8) is 0 Å². The van der Waals surface area contributed by atoms with Crippen molar-refractivity contribution in [3.8, 4) is 0 Å². The summed E-state index contributed by atoms with van der Waals surface area (Å²) < 4.78 is 4.30. The molecule has 0 N–H and O–H groups in total. The van der Waals surface area contributed by atoms with E-state index >= 15 is 0 Å². The summed E-state index contributed by atoms with van der Waals surface area (Å²) in [6, 6.07) is 0. The molecule has 0 aliphatic carbocycles. The number of nitrogens with zero attached hydrogens (tertiary/aromatic N) is 4. The van der Waals surface area contributed by atoms with E-state index in [-0.39, 0.29) is 11.1 Å². The van der Waals surface area contributed by atoms with Crippen molar-refractivity contribution >= 4 is 17.6 Å². The zero-order valence-electron chi connectivity index (χ0n) is 5.48. The fourth-order valence-electron chi connectivity index (χ4n) is 0.411. The third kappa shape index (κ3) is 1.81. The average Bonchev–Trinajstić information content (AvgIpc) is 2.03. The van der Waals surface area contributed by atoms with E-state index in [2.05, 4.69) is 25.1 Å². The van der Waals surface area contributed by atoms with Gasteiger partial charge < -0.3 is 4.74 Å². The van der Waals surface area contributed by atoms with Crippen LogP contribution in [0.2, 0.25) is 5.28 Å². The van der Waals surface area contributed by atoms with Crippen molar-refractivity contribution < 1.29 is 9.53 Å². The van der Waals surface area contributed by atoms with Crippen molar-refractivity contribution in [2.24, 2.45) is 0 Å². The molecule has 7 heteroatoms. The van der Waals surface area contributed by atoms with Crippen LogP contribution in [0.3, 0.4) is 0 Å². The van der Waals surface area contributed by atoms with Crippen LogP contribution in [-0.4, -0.2) is 33.5 Å². The van der Waals surface area contributed by atoms with Crippen LogP contribution in [-0.2, 0) is 4.74 Å². The number of hydrogen-bond donors (Lipinski definition) is 0. The van der Waals surface area contributed by atoms with Crippen LogP contribution in [0.1, 0.15) is 10.6 Å². The molecule has 0 saturated carbocycles. The first kappa shape index (κ1) is 7.80. The van der Waals surface area contributed by atoms with Crippen LogP contribution in [0.25, 0.3) is 0 Å². The van der Waals surface area contributed by atoms with Gasteiger partial charge in [-0.1, -0.05) is 5.10 Å². The molecular weight excluding hydrogens is 172 g/mol. The summed E-state index contributed by atoms with van der Waals surface area (Å²) in [6.07, 6.45) is 0. The van der Waals surface area contributed by atoms with Gasteiger partial charge in [-0.3, -0.25) is 0 Å². The molecule has 0 unspecified atom stereocenters. The van der Waals surface area contributed by atoms with Gasteiger partial charge in [0.2, 0.25) is 5.28 Å². The monoisotopic (exact) mass is 174 g/mol. The maximum Gasteiger partial charge on any atom is 0.378 e. The van der Waals surface area contributed by atoms with E-state index in [9.17, 15) is 4.79 Å². The van der Waals surface area contributed by atoms with Crippen molar-refractivity contribution in [3.05, 3.63) is 11.1 Å². The largest absolute Gasteiger partial charge is 0.463 e. The molecule has 58 valence electrons. The molecule has 0 atom stereocenters. The quantitative estimate of drug-likeness (QED) is 0.545. The minimum absolute atomic E-state index is 0.139. The van der Waals surface area contributed by atoms with Gasteiger partial charge in [0.05, 0.1) is 7.11 Å². The van der Waals surface area contributed by atoms with Gasteiger partial charge in [0.15, 0.2) is 0 Å². The van der Waals surface area contributed by atoms with Crippen LogP contribution in [0.15, 0.2) is 0 Å². The summed E-state index contributed by atoms with van der Waals surface area (Å²) in [4.78, 5) is 14.1. The number of esters is 1.